The standard InChI is InChI=1S/C8H16N2O2S/c1-3-5-6-8-10-13(11,12)9-7-4-2/h1,9-10H,4-8H2,2H3. The molecular formula is C8H16N2O2S. The van der Waals surface area contributed by atoms with Gasteiger partial charge in [-0.2, -0.15) is 8.42 Å². The highest BCUT2D eigenvalue weighted by Crippen LogP contribution is 1.85. The molecule has 0 aliphatic heterocycles. The minimum absolute atomic E-state index is 0.392. The summed E-state index contributed by atoms with van der Waals surface area (Å²) in [6.45, 7) is 2.76. The number of nitrogens with one attached hydrogen (secondary N) is 2. The maximum absolute atomic E-state index is 11.1. The lowest BCUT2D eigenvalue weighted by Crippen LogP contribution is -2.37. The Morgan fingerprint density at radius 2 is 1.92 bits per heavy atom. The van der Waals surface area contributed by atoms with Gasteiger partial charge in [0.25, 0.3) is 10.2 Å². The van der Waals surface area contributed by atoms with E-state index in [9.17, 15) is 8.42 Å². The van der Waals surface area contributed by atoms with Crippen molar-refractivity contribution in [1.29, 1.82) is 0 Å². The highest BCUT2D eigenvalue weighted by Gasteiger charge is 2.05. The second kappa shape index (κ2) is 6.89. The van der Waals surface area contributed by atoms with Gasteiger partial charge in [0.15, 0.2) is 0 Å². The minimum atomic E-state index is -3.29. The first-order valence-corrected chi connectivity index (χ1v) is 5.78. The average Bonchev–Trinajstić information content (AvgIpc) is 2.09. The molecule has 0 bridgehead atoms. The number of hydrogen-bond donors (Lipinski definition) is 2. The molecule has 4 nitrogen and oxygen atoms in total. The summed E-state index contributed by atoms with van der Waals surface area (Å²) in [5.41, 5.74) is 0. The van der Waals surface area contributed by atoms with Crippen molar-refractivity contribution in [1.82, 2.24) is 9.44 Å². The van der Waals surface area contributed by atoms with Crippen molar-refractivity contribution >= 4 is 10.2 Å². The van der Waals surface area contributed by atoms with Crippen LogP contribution in [0.5, 0.6) is 0 Å². The zero-order valence-electron chi connectivity index (χ0n) is 7.84. The van der Waals surface area contributed by atoms with E-state index < -0.39 is 10.2 Å². The molecule has 0 aliphatic carbocycles. The zero-order chi connectivity index (χ0) is 10.2. The lowest BCUT2D eigenvalue weighted by molar-refractivity contribution is 0.564. The Labute approximate surface area is 80.3 Å². The fraction of sp³-hybridized carbons (Fsp3) is 0.750. The van der Waals surface area contributed by atoms with Crippen LogP contribution >= 0.6 is 0 Å². The molecule has 0 aliphatic rings. The molecule has 13 heavy (non-hydrogen) atoms. The number of rotatable bonds is 7. The summed E-state index contributed by atoms with van der Waals surface area (Å²) in [5, 5.41) is 0. The molecule has 0 fully saturated rings. The molecule has 76 valence electrons. The van der Waals surface area contributed by atoms with E-state index in [1.165, 1.54) is 0 Å². The van der Waals surface area contributed by atoms with Crippen molar-refractivity contribution in [2.24, 2.45) is 0 Å². The topological polar surface area (TPSA) is 58.2 Å². The molecule has 0 spiro atoms. The molecule has 0 rings (SSSR count). The van der Waals surface area contributed by atoms with E-state index in [-0.39, 0.29) is 0 Å². The normalized spacial score (nSPS) is 11.1. The summed E-state index contributed by atoms with van der Waals surface area (Å²) in [5.74, 6) is 2.44. The Hall–Kier alpha value is -0.570. The summed E-state index contributed by atoms with van der Waals surface area (Å²) in [7, 11) is -3.29. The van der Waals surface area contributed by atoms with Crippen molar-refractivity contribution in [3.63, 3.8) is 0 Å². The molecule has 0 saturated carbocycles. The summed E-state index contributed by atoms with van der Waals surface area (Å²) < 4.78 is 26.9. The van der Waals surface area contributed by atoms with Crippen LogP contribution in [0.3, 0.4) is 0 Å². The van der Waals surface area contributed by atoms with Crippen LogP contribution in [0.1, 0.15) is 26.2 Å². The first-order chi connectivity index (χ1) is 6.12. The fourth-order valence-electron chi connectivity index (χ4n) is 0.684. The van der Waals surface area contributed by atoms with Crippen LogP contribution in [-0.2, 0) is 10.2 Å². The molecule has 0 unspecified atom stereocenters. The van der Waals surface area contributed by atoms with Crippen LogP contribution in [0.2, 0.25) is 0 Å². The van der Waals surface area contributed by atoms with Crippen LogP contribution in [0.25, 0.3) is 0 Å². The second-order valence-corrected chi connectivity index (χ2v) is 4.18. The minimum Gasteiger partial charge on any atom is -0.202 e. The maximum Gasteiger partial charge on any atom is 0.276 e. The first kappa shape index (κ1) is 12.4. The van der Waals surface area contributed by atoms with Crippen molar-refractivity contribution in [2.75, 3.05) is 13.1 Å². The van der Waals surface area contributed by atoms with Crippen LogP contribution in [0, 0.1) is 12.3 Å². The van der Waals surface area contributed by atoms with Gasteiger partial charge in [0.05, 0.1) is 0 Å². The summed E-state index contributed by atoms with van der Waals surface area (Å²) in [4.78, 5) is 0. The smallest absolute Gasteiger partial charge is 0.202 e. The van der Waals surface area contributed by atoms with E-state index >= 15 is 0 Å². The summed E-state index contributed by atoms with van der Waals surface area (Å²) >= 11 is 0. The van der Waals surface area contributed by atoms with Gasteiger partial charge in [-0.1, -0.05) is 6.92 Å². The quantitative estimate of drug-likeness (QED) is 0.461. The van der Waals surface area contributed by atoms with Gasteiger partial charge in [0, 0.05) is 19.5 Å². The Morgan fingerprint density at radius 3 is 2.46 bits per heavy atom. The monoisotopic (exact) mass is 204 g/mol. The number of unbranched alkanes of at least 4 members (excludes halogenated alkanes) is 1. The third-order valence-corrected chi connectivity index (χ3v) is 2.50. The molecule has 0 aromatic rings. The Morgan fingerprint density at radius 1 is 1.31 bits per heavy atom. The molecule has 0 aromatic heterocycles. The lowest BCUT2D eigenvalue weighted by Gasteiger charge is -2.05. The van der Waals surface area contributed by atoms with Gasteiger partial charge in [0.1, 0.15) is 0 Å². The molecule has 5 heteroatoms. The van der Waals surface area contributed by atoms with Crippen molar-refractivity contribution in [2.45, 2.75) is 26.2 Å². The van der Waals surface area contributed by atoms with Gasteiger partial charge >= 0.3 is 0 Å². The second-order valence-electron chi connectivity index (χ2n) is 2.60. The zero-order valence-corrected chi connectivity index (χ0v) is 8.65. The predicted molar refractivity (Wildman–Crippen MR) is 53.3 cm³/mol. The van der Waals surface area contributed by atoms with Gasteiger partial charge in [0.2, 0.25) is 0 Å². The third-order valence-electron chi connectivity index (χ3n) is 1.33. The van der Waals surface area contributed by atoms with E-state index in [0.717, 1.165) is 6.42 Å². The average molecular weight is 204 g/mol. The SMILES string of the molecule is C#CCCCNS(=O)(=O)NCCC. The molecule has 0 atom stereocenters. The van der Waals surface area contributed by atoms with E-state index in [1.54, 1.807) is 0 Å². The van der Waals surface area contributed by atoms with E-state index in [1.807, 2.05) is 6.92 Å². The van der Waals surface area contributed by atoms with Gasteiger partial charge in [-0.15, -0.1) is 12.3 Å². The van der Waals surface area contributed by atoms with Crippen molar-refractivity contribution in [3.05, 3.63) is 0 Å². The maximum atomic E-state index is 11.1. The van der Waals surface area contributed by atoms with Crippen molar-refractivity contribution in [3.8, 4) is 12.3 Å². The number of terminal acetylenes is 1. The van der Waals surface area contributed by atoms with E-state index in [4.69, 9.17) is 6.42 Å². The molecule has 2 N–H and O–H groups in total. The van der Waals surface area contributed by atoms with Gasteiger partial charge in [-0.3, -0.25) is 0 Å². The highest BCUT2D eigenvalue weighted by molar-refractivity contribution is 7.87. The Kier molecular flexibility index (Phi) is 6.59. The summed E-state index contributed by atoms with van der Waals surface area (Å²) in [6.07, 6.45) is 7.06. The molecule has 0 saturated heterocycles. The number of hydrogen-bond acceptors (Lipinski definition) is 2. The molecular weight excluding hydrogens is 188 g/mol. The van der Waals surface area contributed by atoms with Gasteiger partial charge in [-0.05, 0) is 12.8 Å². The van der Waals surface area contributed by atoms with Crippen LogP contribution < -0.4 is 9.44 Å². The van der Waals surface area contributed by atoms with Crippen LogP contribution in [-0.4, -0.2) is 21.5 Å². The van der Waals surface area contributed by atoms with Crippen LogP contribution in [0.4, 0.5) is 0 Å². The van der Waals surface area contributed by atoms with Gasteiger partial charge < -0.3 is 0 Å². The molecule has 0 radical (unpaired) electrons. The van der Waals surface area contributed by atoms with E-state index in [2.05, 4.69) is 15.4 Å². The summed E-state index contributed by atoms with van der Waals surface area (Å²) in [6, 6.07) is 0. The fourth-order valence-corrected chi connectivity index (χ4v) is 1.67. The lowest BCUT2D eigenvalue weighted by atomic mass is 10.3. The van der Waals surface area contributed by atoms with E-state index in [0.29, 0.717) is 25.9 Å². The molecule has 0 amide bonds. The Bertz CT molecular complexity index is 254. The van der Waals surface area contributed by atoms with Crippen LogP contribution in [0.15, 0.2) is 0 Å². The highest BCUT2D eigenvalue weighted by atomic mass is 32.2. The Balaban J connectivity index is 3.59. The third kappa shape index (κ3) is 7.78. The van der Waals surface area contributed by atoms with Crippen molar-refractivity contribution < 1.29 is 8.42 Å². The molecule has 0 aromatic carbocycles. The van der Waals surface area contributed by atoms with Gasteiger partial charge in [-0.25, -0.2) is 9.44 Å². The first-order valence-electron chi connectivity index (χ1n) is 4.30. The largest absolute Gasteiger partial charge is 0.276 e. The molecule has 0 heterocycles. The predicted octanol–water partition coefficient (Wildman–Crippen LogP) is 0.234.